The lowest BCUT2D eigenvalue weighted by Crippen LogP contribution is -2.29. The number of carbonyl (C=O) groups excluding carboxylic acids is 2. The minimum absolute atomic E-state index is 0.0552. The van der Waals surface area contributed by atoms with Crippen molar-refractivity contribution in [3.05, 3.63) is 64.6 Å². The van der Waals surface area contributed by atoms with E-state index >= 15 is 0 Å². The van der Waals surface area contributed by atoms with Crippen LogP contribution in [-0.4, -0.2) is 33.7 Å². The Morgan fingerprint density at radius 3 is 2.57 bits per heavy atom. The van der Waals surface area contributed by atoms with Crippen molar-refractivity contribution < 1.29 is 27.5 Å². The van der Waals surface area contributed by atoms with E-state index in [0.29, 0.717) is 9.23 Å². The van der Waals surface area contributed by atoms with Crippen LogP contribution in [-0.2, 0) is 15.8 Å². The third-order valence-corrected chi connectivity index (χ3v) is 7.59. The van der Waals surface area contributed by atoms with E-state index in [1.807, 2.05) is 24.3 Å². The molecule has 2 aromatic carbocycles. The number of alkyl halides is 3. The number of halogens is 3. The van der Waals surface area contributed by atoms with Crippen LogP contribution in [0, 0.1) is 0 Å². The first-order valence-electron chi connectivity index (χ1n) is 12.2. The van der Waals surface area contributed by atoms with Crippen LogP contribution in [0.1, 0.15) is 56.1 Å². The zero-order valence-corrected chi connectivity index (χ0v) is 21.7. The molecule has 4 rings (SSSR count). The lowest BCUT2D eigenvalue weighted by atomic mass is 9.97. The van der Waals surface area contributed by atoms with Crippen molar-refractivity contribution in [3.8, 4) is 5.75 Å². The van der Waals surface area contributed by atoms with E-state index < -0.39 is 17.6 Å². The van der Waals surface area contributed by atoms with Gasteiger partial charge in [-0.1, -0.05) is 60.7 Å². The number of hydrogen-bond donors (Lipinski definition) is 1. The second kappa shape index (κ2) is 12.1. The fraction of sp³-hybridized carbons (Fsp3) is 0.370. The van der Waals surface area contributed by atoms with E-state index in [-0.39, 0.29) is 37.1 Å². The summed E-state index contributed by atoms with van der Waals surface area (Å²) >= 11 is 6.57. The molecule has 2 amide bonds. The molecule has 1 aliphatic heterocycles. The van der Waals surface area contributed by atoms with Crippen LogP contribution >= 0.6 is 24.0 Å². The number of hydrogen-bond acceptors (Lipinski definition) is 5. The van der Waals surface area contributed by atoms with Gasteiger partial charge in [-0.2, -0.15) is 13.2 Å². The second-order valence-corrected chi connectivity index (χ2v) is 10.6. The third-order valence-electron chi connectivity index (χ3n) is 6.22. The van der Waals surface area contributed by atoms with Crippen LogP contribution in [0.5, 0.6) is 5.75 Å². The average Bonchev–Trinajstić information content (AvgIpc) is 3.13. The van der Waals surface area contributed by atoms with Crippen molar-refractivity contribution in [2.45, 2.75) is 57.2 Å². The van der Waals surface area contributed by atoms with Gasteiger partial charge in [-0.15, -0.1) is 0 Å². The molecular weight excluding hydrogens is 521 g/mol. The van der Waals surface area contributed by atoms with Crippen molar-refractivity contribution >= 4 is 51.9 Å². The number of benzene rings is 2. The lowest BCUT2D eigenvalue weighted by Gasteiger charge is -2.23. The lowest BCUT2D eigenvalue weighted by molar-refractivity contribution is -0.137. The Labute approximate surface area is 223 Å². The van der Waals surface area contributed by atoms with Gasteiger partial charge in [-0.3, -0.25) is 14.5 Å². The standard InChI is InChI=1S/C27H27F3N2O3S2/c28-27(29,30)20-12-5-6-13-21(20)31-24(33)15-8-16-32-25(34)23(37-26(32)36)17-18-9-4-7-14-22(18)35-19-10-2-1-3-11-19/h4-7,9,12-14,17,19H,1-3,8,10-11,15-16H2,(H,31,33)/b23-17-. The Balaban J connectivity index is 1.34. The number of nitrogens with zero attached hydrogens (tertiary/aromatic N) is 1. The largest absolute Gasteiger partial charge is 0.490 e. The summed E-state index contributed by atoms with van der Waals surface area (Å²) in [5, 5.41) is 2.32. The number of para-hydroxylation sites is 2. The van der Waals surface area contributed by atoms with E-state index in [0.717, 1.165) is 43.1 Å². The van der Waals surface area contributed by atoms with Crippen LogP contribution in [0.2, 0.25) is 0 Å². The van der Waals surface area contributed by atoms with Gasteiger partial charge >= 0.3 is 6.18 Å². The number of thiocarbonyl (C=S) groups is 1. The molecule has 37 heavy (non-hydrogen) atoms. The molecule has 1 N–H and O–H groups in total. The van der Waals surface area contributed by atoms with Gasteiger partial charge in [0.15, 0.2) is 0 Å². The summed E-state index contributed by atoms with van der Waals surface area (Å²) in [5.74, 6) is -0.0905. The summed E-state index contributed by atoms with van der Waals surface area (Å²) in [7, 11) is 0. The average molecular weight is 549 g/mol. The minimum atomic E-state index is -4.57. The number of rotatable bonds is 8. The topological polar surface area (TPSA) is 58.6 Å². The van der Waals surface area contributed by atoms with E-state index in [4.69, 9.17) is 17.0 Å². The predicted octanol–water partition coefficient (Wildman–Crippen LogP) is 7.04. The molecule has 0 spiro atoms. The van der Waals surface area contributed by atoms with Crippen molar-refractivity contribution in [1.29, 1.82) is 0 Å². The number of ether oxygens (including phenoxy) is 1. The molecule has 0 unspecified atom stereocenters. The fourth-order valence-corrected chi connectivity index (χ4v) is 5.65. The van der Waals surface area contributed by atoms with E-state index in [1.165, 1.54) is 41.3 Å². The molecule has 5 nitrogen and oxygen atoms in total. The monoisotopic (exact) mass is 548 g/mol. The molecule has 1 saturated heterocycles. The van der Waals surface area contributed by atoms with Crippen molar-refractivity contribution in [2.24, 2.45) is 0 Å². The predicted molar refractivity (Wildman–Crippen MR) is 143 cm³/mol. The maximum Gasteiger partial charge on any atom is 0.418 e. The summed E-state index contributed by atoms with van der Waals surface area (Å²) in [6.45, 7) is 0.191. The number of anilines is 1. The van der Waals surface area contributed by atoms with Gasteiger partial charge in [0.2, 0.25) is 5.91 Å². The first-order chi connectivity index (χ1) is 17.7. The smallest absolute Gasteiger partial charge is 0.418 e. The van der Waals surface area contributed by atoms with Crippen LogP contribution < -0.4 is 10.1 Å². The summed E-state index contributed by atoms with van der Waals surface area (Å²) in [6.07, 6.45) is 3.14. The molecule has 1 heterocycles. The van der Waals surface area contributed by atoms with Crippen LogP contribution in [0.3, 0.4) is 0 Å². The zero-order valence-electron chi connectivity index (χ0n) is 20.1. The van der Waals surface area contributed by atoms with Crippen LogP contribution in [0.4, 0.5) is 18.9 Å². The molecule has 2 aromatic rings. The second-order valence-electron chi connectivity index (χ2n) is 8.94. The SMILES string of the molecule is O=C(CCCN1C(=O)/C(=C/c2ccccc2OC2CCCCC2)SC1=S)Nc1ccccc1C(F)(F)F. The Kier molecular flexibility index (Phi) is 8.91. The number of amides is 2. The molecule has 10 heteroatoms. The van der Waals surface area contributed by atoms with Crippen molar-refractivity contribution in [1.82, 2.24) is 4.90 Å². The molecule has 0 aromatic heterocycles. The van der Waals surface area contributed by atoms with Crippen molar-refractivity contribution in [3.63, 3.8) is 0 Å². The molecule has 0 bridgehead atoms. The van der Waals surface area contributed by atoms with E-state index in [1.54, 1.807) is 6.08 Å². The quantitative estimate of drug-likeness (QED) is 0.283. The normalized spacial score (nSPS) is 17.9. The van der Waals surface area contributed by atoms with Gasteiger partial charge in [-0.05, 0) is 56.4 Å². The first-order valence-corrected chi connectivity index (χ1v) is 13.4. The Morgan fingerprint density at radius 1 is 1.11 bits per heavy atom. The number of thioether (sulfide) groups is 1. The summed E-state index contributed by atoms with van der Waals surface area (Å²) in [4.78, 5) is 27.2. The Morgan fingerprint density at radius 2 is 1.81 bits per heavy atom. The van der Waals surface area contributed by atoms with Gasteiger partial charge in [-0.25, -0.2) is 0 Å². The summed E-state index contributed by atoms with van der Waals surface area (Å²) in [6, 6.07) is 12.4. The minimum Gasteiger partial charge on any atom is -0.490 e. The molecule has 2 aliphatic rings. The highest BCUT2D eigenvalue weighted by molar-refractivity contribution is 8.26. The highest BCUT2D eigenvalue weighted by Crippen LogP contribution is 2.36. The molecule has 1 aliphatic carbocycles. The number of nitrogens with one attached hydrogen (secondary N) is 1. The van der Waals surface area contributed by atoms with Gasteiger partial charge in [0, 0.05) is 18.5 Å². The van der Waals surface area contributed by atoms with Gasteiger partial charge in [0.05, 0.1) is 22.3 Å². The molecule has 0 atom stereocenters. The highest BCUT2D eigenvalue weighted by atomic mass is 32.2. The van der Waals surface area contributed by atoms with E-state index in [2.05, 4.69) is 5.32 Å². The Bertz CT molecular complexity index is 1190. The van der Waals surface area contributed by atoms with Crippen molar-refractivity contribution in [2.75, 3.05) is 11.9 Å². The van der Waals surface area contributed by atoms with Crippen LogP contribution in [0.15, 0.2) is 53.4 Å². The maximum absolute atomic E-state index is 13.2. The van der Waals surface area contributed by atoms with Gasteiger partial charge < -0.3 is 10.1 Å². The summed E-state index contributed by atoms with van der Waals surface area (Å²) < 4.78 is 46.1. The third kappa shape index (κ3) is 7.13. The highest BCUT2D eigenvalue weighted by Gasteiger charge is 2.34. The molecule has 196 valence electrons. The molecule has 0 radical (unpaired) electrons. The van der Waals surface area contributed by atoms with Gasteiger partial charge in [0.1, 0.15) is 10.1 Å². The first kappa shape index (κ1) is 27.2. The Hall–Kier alpha value is -2.85. The van der Waals surface area contributed by atoms with E-state index in [9.17, 15) is 22.8 Å². The maximum atomic E-state index is 13.2. The molecular formula is C27H27F3N2O3S2. The fourth-order valence-electron chi connectivity index (χ4n) is 4.35. The molecule has 2 fully saturated rings. The molecule has 1 saturated carbocycles. The summed E-state index contributed by atoms with van der Waals surface area (Å²) in [5.41, 5.74) is -0.392. The number of carbonyl (C=O) groups is 2. The van der Waals surface area contributed by atoms with Crippen LogP contribution in [0.25, 0.3) is 6.08 Å². The van der Waals surface area contributed by atoms with Gasteiger partial charge in [0.25, 0.3) is 5.91 Å². The zero-order chi connectivity index (χ0) is 26.4.